The second-order valence-electron chi connectivity index (χ2n) is 4.48. The van der Waals surface area contributed by atoms with E-state index in [0.29, 0.717) is 11.8 Å². The highest BCUT2D eigenvalue weighted by atomic mass is 32.2. The number of anilines is 1. The quantitative estimate of drug-likeness (QED) is 0.879. The largest absolute Gasteiger partial charge is 0.324 e. The Morgan fingerprint density at radius 3 is 2.68 bits per heavy atom. The van der Waals surface area contributed by atoms with E-state index in [1.165, 1.54) is 0 Å². The van der Waals surface area contributed by atoms with E-state index in [0.717, 1.165) is 6.07 Å². The number of fused-ring (bicyclic) bond motifs is 1. The van der Waals surface area contributed by atoms with Crippen molar-refractivity contribution in [3.05, 3.63) is 53.9 Å². The number of nitrogens with zero attached hydrogens (tertiary/aromatic N) is 2. The summed E-state index contributed by atoms with van der Waals surface area (Å²) in [6.07, 6.45) is 1.58. The Balaban J connectivity index is 1.93. The molecular weight excluding hydrogens is 314 g/mol. The van der Waals surface area contributed by atoms with Crippen molar-refractivity contribution < 1.29 is 17.2 Å². The van der Waals surface area contributed by atoms with Gasteiger partial charge in [-0.1, -0.05) is 6.07 Å². The van der Waals surface area contributed by atoms with Crippen LogP contribution in [0.5, 0.6) is 0 Å². The fourth-order valence-electron chi connectivity index (χ4n) is 1.91. The molecule has 2 aromatic rings. The monoisotopic (exact) mass is 324 g/mol. The fraction of sp³-hybridized carbons (Fsp3) is 0.0769. The predicted molar refractivity (Wildman–Crippen MR) is 75.7 cm³/mol. The van der Waals surface area contributed by atoms with Gasteiger partial charge in [-0.05, 0) is 18.2 Å². The molecule has 0 amide bonds. The van der Waals surface area contributed by atoms with Gasteiger partial charge >= 0.3 is 0 Å². The molecule has 22 heavy (non-hydrogen) atoms. The molecule has 0 aliphatic carbocycles. The maximum Gasteiger partial charge on any atom is 0.266 e. The van der Waals surface area contributed by atoms with E-state index in [1.54, 1.807) is 24.4 Å². The van der Waals surface area contributed by atoms with Crippen molar-refractivity contribution in [2.24, 2.45) is 4.99 Å². The number of aromatic nitrogens is 1. The molecule has 0 saturated heterocycles. The van der Waals surface area contributed by atoms with E-state index >= 15 is 0 Å². The average molecular weight is 324 g/mol. The minimum absolute atomic E-state index is 0.0718. The smallest absolute Gasteiger partial charge is 0.266 e. The van der Waals surface area contributed by atoms with Gasteiger partial charge in [-0.3, -0.25) is 4.98 Å². The lowest BCUT2D eigenvalue weighted by molar-refractivity contribution is 0.505. The fourth-order valence-corrected chi connectivity index (χ4v) is 3.05. The molecule has 2 heterocycles. The molecule has 0 bridgehead atoms. The number of hydrogen-bond acceptors (Lipinski definition) is 4. The highest BCUT2D eigenvalue weighted by Gasteiger charge is 2.28. The first-order valence-corrected chi connectivity index (χ1v) is 7.67. The lowest BCUT2D eigenvalue weighted by Gasteiger charge is -2.21. The number of nitrogens with one attached hydrogen (secondary N) is 2. The maximum atomic E-state index is 13.3. The topological polar surface area (TPSA) is 83.5 Å². The zero-order chi connectivity index (χ0) is 15.7. The van der Waals surface area contributed by atoms with Crippen LogP contribution in [0.3, 0.4) is 0 Å². The summed E-state index contributed by atoms with van der Waals surface area (Å²) in [7, 11) is -4.01. The third-order valence-corrected chi connectivity index (χ3v) is 4.30. The van der Waals surface area contributed by atoms with E-state index in [1.807, 2.05) is 0 Å². The number of benzene rings is 1. The Labute approximate surface area is 125 Å². The van der Waals surface area contributed by atoms with Gasteiger partial charge in [0, 0.05) is 12.3 Å². The average Bonchev–Trinajstić information content (AvgIpc) is 2.48. The summed E-state index contributed by atoms with van der Waals surface area (Å²) in [5, 5.41) is 2.62. The van der Waals surface area contributed by atoms with Gasteiger partial charge in [0.15, 0.2) is 11.6 Å². The highest BCUT2D eigenvalue weighted by molar-refractivity contribution is 7.90. The molecule has 9 heteroatoms. The number of hydrogen-bond donors (Lipinski definition) is 2. The van der Waals surface area contributed by atoms with E-state index < -0.39 is 21.7 Å². The van der Waals surface area contributed by atoms with Gasteiger partial charge in [0.05, 0.1) is 17.9 Å². The first-order valence-electron chi connectivity index (χ1n) is 6.19. The zero-order valence-electron chi connectivity index (χ0n) is 11.0. The lowest BCUT2D eigenvalue weighted by Crippen LogP contribution is -2.41. The van der Waals surface area contributed by atoms with Crippen LogP contribution in [-0.2, 0) is 16.6 Å². The third-order valence-electron chi connectivity index (χ3n) is 2.92. The Kier molecular flexibility index (Phi) is 3.49. The first-order chi connectivity index (χ1) is 10.5. The zero-order valence-corrected chi connectivity index (χ0v) is 11.9. The minimum Gasteiger partial charge on any atom is -0.324 e. The van der Waals surface area contributed by atoms with Crippen LogP contribution in [0.25, 0.3) is 0 Å². The Hall–Kier alpha value is -2.55. The molecule has 0 unspecified atom stereocenters. The van der Waals surface area contributed by atoms with Gasteiger partial charge in [0.1, 0.15) is 4.90 Å². The SMILES string of the molecule is O=S1(=O)NC(=NCc2ccccn2)Nc2cc(F)c(F)cc21. The van der Waals surface area contributed by atoms with Crippen molar-refractivity contribution in [1.82, 2.24) is 9.71 Å². The molecule has 1 aliphatic rings. The number of pyridine rings is 1. The van der Waals surface area contributed by atoms with Gasteiger partial charge in [0.25, 0.3) is 10.0 Å². The second kappa shape index (κ2) is 5.34. The Bertz CT molecular complexity index is 854. The standard InChI is InChI=1S/C13H10F2N4O2S/c14-9-5-11-12(6-10(9)15)22(20,21)19-13(18-11)17-7-8-3-1-2-4-16-8/h1-6H,7H2,(H2,17,18,19). The third kappa shape index (κ3) is 2.75. The van der Waals surface area contributed by atoms with Crippen LogP contribution < -0.4 is 10.0 Å². The van der Waals surface area contributed by atoms with Crippen LogP contribution in [0.2, 0.25) is 0 Å². The summed E-state index contributed by atoms with van der Waals surface area (Å²) in [6, 6.07) is 6.64. The summed E-state index contributed by atoms with van der Waals surface area (Å²) in [5.41, 5.74) is 0.560. The van der Waals surface area contributed by atoms with Gasteiger partial charge in [-0.25, -0.2) is 26.9 Å². The van der Waals surface area contributed by atoms with Crippen LogP contribution in [-0.4, -0.2) is 19.4 Å². The van der Waals surface area contributed by atoms with E-state index in [2.05, 4.69) is 20.0 Å². The Morgan fingerprint density at radius 1 is 1.18 bits per heavy atom. The normalized spacial score (nSPS) is 17.5. The maximum absolute atomic E-state index is 13.3. The molecule has 114 valence electrons. The van der Waals surface area contributed by atoms with Crippen molar-refractivity contribution in [3.8, 4) is 0 Å². The highest BCUT2D eigenvalue weighted by Crippen LogP contribution is 2.27. The predicted octanol–water partition coefficient (Wildman–Crippen LogP) is 1.62. The number of guanidine groups is 1. The molecule has 0 spiro atoms. The number of sulfonamides is 1. The van der Waals surface area contributed by atoms with E-state index in [4.69, 9.17) is 0 Å². The van der Waals surface area contributed by atoms with Crippen molar-refractivity contribution >= 4 is 21.7 Å². The van der Waals surface area contributed by atoms with E-state index in [9.17, 15) is 17.2 Å². The van der Waals surface area contributed by atoms with Crippen molar-refractivity contribution in [2.75, 3.05) is 5.32 Å². The molecular formula is C13H10F2N4O2S. The van der Waals surface area contributed by atoms with Crippen LogP contribution in [0.4, 0.5) is 14.5 Å². The van der Waals surface area contributed by atoms with Gasteiger partial charge in [-0.2, -0.15) is 0 Å². The molecule has 1 aromatic carbocycles. The van der Waals surface area contributed by atoms with Gasteiger partial charge < -0.3 is 5.32 Å². The van der Waals surface area contributed by atoms with Gasteiger partial charge in [0.2, 0.25) is 5.96 Å². The van der Waals surface area contributed by atoms with Crippen LogP contribution in [0, 0.1) is 11.6 Å². The van der Waals surface area contributed by atoms with Crippen molar-refractivity contribution in [2.45, 2.75) is 11.4 Å². The Morgan fingerprint density at radius 2 is 1.95 bits per heavy atom. The number of rotatable bonds is 2. The first kappa shape index (κ1) is 14.4. The minimum atomic E-state index is -4.01. The number of aliphatic imine (C=N–C) groups is 1. The van der Waals surface area contributed by atoms with Gasteiger partial charge in [-0.15, -0.1) is 0 Å². The van der Waals surface area contributed by atoms with E-state index in [-0.39, 0.29) is 23.1 Å². The molecule has 0 fully saturated rings. The number of halogens is 2. The van der Waals surface area contributed by atoms with Crippen molar-refractivity contribution in [3.63, 3.8) is 0 Å². The summed E-state index contributed by atoms with van der Waals surface area (Å²) in [4.78, 5) is 7.71. The summed E-state index contributed by atoms with van der Waals surface area (Å²) < 4.78 is 52.6. The molecule has 0 radical (unpaired) electrons. The van der Waals surface area contributed by atoms with Crippen LogP contribution in [0.1, 0.15) is 5.69 Å². The molecule has 2 N–H and O–H groups in total. The van der Waals surface area contributed by atoms with Crippen LogP contribution >= 0.6 is 0 Å². The molecule has 0 saturated carbocycles. The molecule has 1 aromatic heterocycles. The molecule has 6 nitrogen and oxygen atoms in total. The summed E-state index contributed by atoms with van der Waals surface area (Å²) in [5.74, 6) is -2.46. The summed E-state index contributed by atoms with van der Waals surface area (Å²) >= 11 is 0. The second-order valence-corrected chi connectivity index (χ2v) is 6.13. The van der Waals surface area contributed by atoms with Crippen molar-refractivity contribution in [1.29, 1.82) is 0 Å². The molecule has 3 rings (SSSR count). The molecule has 1 aliphatic heterocycles. The lowest BCUT2D eigenvalue weighted by atomic mass is 10.3. The summed E-state index contributed by atoms with van der Waals surface area (Å²) in [6.45, 7) is 0.130. The van der Waals surface area contributed by atoms with Crippen LogP contribution in [0.15, 0.2) is 46.4 Å². The molecule has 0 atom stereocenters.